The summed E-state index contributed by atoms with van der Waals surface area (Å²) in [5.74, 6) is 1.85. The fourth-order valence-corrected chi connectivity index (χ4v) is 9.24. The van der Waals surface area contributed by atoms with E-state index in [0.717, 1.165) is 44.7 Å². The van der Waals surface area contributed by atoms with Crippen LogP contribution in [0.5, 0.6) is 0 Å². The van der Waals surface area contributed by atoms with Crippen molar-refractivity contribution in [2.45, 2.75) is 0 Å². The van der Waals surface area contributed by atoms with Crippen molar-refractivity contribution in [2.75, 3.05) is 0 Å². The lowest BCUT2D eigenvalue weighted by atomic mass is 9.95. The molecule has 12 aromatic rings. The smallest absolute Gasteiger partial charge is 0.166 e. The summed E-state index contributed by atoms with van der Waals surface area (Å²) in [6.07, 6.45) is 0. The predicted molar refractivity (Wildman–Crippen MR) is 256 cm³/mol. The minimum absolute atomic E-state index is 0.608. The summed E-state index contributed by atoms with van der Waals surface area (Å²) < 4.78 is 4.77. The van der Waals surface area contributed by atoms with Crippen molar-refractivity contribution in [1.82, 2.24) is 24.1 Å². The number of benzene rings is 9. The van der Waals surface area contributed by atoms with Crippen LogP contribution in [0.1, 0.15) is 0 Å². The van der Waals surface area contributed by atoms with Crippen molar-refractivity contribution in [1.29, 1.82) is 0 Å². The van der Waals surface area contributed by atoms with E-state index < -0.39 is 0 Å². The molecule has 0 fully saturated rings. The number of rotatable bonds is 7. The molecule has 0 N–H and O–H groups in total. The van der Waals surface area contributed by atoms with E-state index in [1.165, 1.54) is 49.3 Å². The molecule has 3 heterocycles. The van der Waals surface area contributed by atoms with Crippen LogP contribution in [-0.4, -0.2) is 24.1 Å². The highest BCUT2D eigenvalue weighted by atomic mass is 15.1. The van der Waals surface area contributed by atoms with Gasteiger partial charge < -0.3 is 9.13 Å². The maximum atomic E-state index is 5.25. The molecule has 62 heavy (non-hydrogen) atoms. The molecule has 9 aromatic carbocycles. The Kier molecular flexibility index (Phi) is 8.42. The van der Waals surface area contributed by atoms with E-state index in [1.54, 1.807) is 0 Å². The van der Waals surface area contributed by atoms with E-state index in [-0.39, 0.29) is 0 Å². The van der Waals surface area contributed by atoms with Crippen molar-refractivity contribution < 1.29 is 0 Å². The van der Waals surface area contributed by atoms with Crippen molar-refractivity contribution in [2.24, 2.45) is 0 Å². The first-order valence-corrected chi connectivity index (χ1v) is 21.0. The largest absolute Gasteiger partial charge is 0.309 e. The highest BCUT2D eigenvalue weighted by Gasteiger charge is 2.23. The average Bonchev–Trinajstić information content (AvgIpc) is 3.88. The van der Waals surface area contributed by atoms with Gasteiger partial charge in [0.2, 0.25) is 0 Å². The van der Waals surface area contributed by atoms with E-state index >= 15 is 0 Å². The highest BCUT2D eigenvalue weighted by molar-refractivity contribution is 6.22. The predicted octanol–water partition coefficient (Wildman–Crippen LogP) is 14.4. The standard InChI is InChI=1S/C57H37N5/c1-4-18-38(19-5-1)39-34-36-41(37-35-39)56-58-55(40-20-6-2-7-21-40)59-57(60-56)47-26-12-15-31-50(47)62-49-30-14-11-25-46(49)54-44(28-17-33-52(54)62)43-27-16-32-51-53(43)45-24-10-13-29-48(45)61(51)42-22-8-3-9-23-42/h1-37H. The summed E-state index contributed by atoms with van der Waals surface area (Å²) in [4.78, 5) is 15.5. The zero-order chi connectivity index (χ0) is 41.0. The van der Waals surface area contributed by atoms with Gasteiger partial charge in [0.05, 0.1) is 27.8 Å². The van der Waals surface area contributed by atoms with Gasteiger partial charge in [0.15, 0.2) is 17.5 Å². The molecule has 0 bridgehead atoms. The second-order valence-electron chi connectivity index (χ2n) is 15.6. The lowest BCUT2D eigenvalue weighted by Crippen LogP contribution is -2.03. The normalized spacial score (nSPS) is 11.5. The molecule has 0 spiro atoms. The number of para-hydroxylation sites is 4. The monoisotopic (exact) mass is 791 g/mol. The number of aromatic nitrogens is 5. The minimum Gasteiger partial charge on any atom is -0.309 e. The third-order valence-corrected chi connectivity index (χ3v) is 12.0. The topological polar surface area (TPSA) is 48.5 Å². The fraction of sp³-hybridized carbons (Fsp3) is 0. The van der Waals surface area contributed by atoms with E-state index in [1.807, 2.05) is 24.3 Å². The second kappa shape index (κ2) is 14.7. The average molecular weight is 792 g/mol. The SMILES string of the molecule is c1ccc(-c2ccc(-c3nc(-c4ccccc4)nc(-c4ccccc4-n4c5ccccc5c5c(-c6cccc7c6c6ccccc6n7-c6ccccc6)cccc54)n3)cc2)cc1. The van der Waals surface area contributed by atoms with Gasteiger partial charge in [-0.2, -0.15) is 0 Å². The summed E-state index contributed by atoms with van der Waals surface area (Å²) in [7, 11) is 0. The molecule has 0 amide bonds. The van der Waals surface area contributed by atoms with Crippen LogP contribution in [0.15, 0.2) is 224 Å². The first-order chi connectivity index (χ1) is 30.8. The summed E-state index contributed by atoms with van der Waals surface area (Å²) in [6.45, 7) is 0. The lowest BCUT2D eigenvalue weighted by Gasteiger charge is -2.15. The molecule has 0 aliphatic rings. The van der Waals surface area contributed by atoms with Gasteiger partial charge >= 0.3 is 0 Å². The molecule has 5 nitrogen and oxygen atoms in total. The molecule has 0 aliphatic carbocycles. The Hall–Kier alpha value is -8.41. The number of fused-ring (bicyclic) bond motifs is 6. The Morgan fingerprint density at radius 1 is 0.258 bits per heavy atom. The Labute approximate surface area is 358 Å². The molecular weight excluding hydrogens is 755 g/mol. The van der Waals surface area contributed by atoms with Gasteiger partial charge in [0.25, 0.3) is 0 Å². The molecule has 0 unspecified atom stereocenters. The molecule has 5 heteroatoms. The molecule has 0 radical (unpaired) electrons. The van der Waals surface area contributed by atoms with Crippen LogP contribution in [0.4, 0.5) is 0 Å². The van der Waals surface area contributed by atoms with Gasteiger partial charge in [-0.15, -0.1) is 0 Å². The summed E-state index contributed by atoms with van der Waals surface area (Å²) in [6, 6.07) is 79.2. The lowest BCUT2D eigenvalue weighted by molar-refractivity contribution is 1.06. The van der Waals surface area contributed by atoms with E-state index in [4.69, 9.17) is 15.0 Å². The van der Waals surface area contributed by atoms with Gasteiger partial charge in [0.1, 0.15) is 0 Å². The second-order valence-corrected chi connectivity index (χ2v) is 15.6. The number of hydrogen-bond donors (Lipinski definition) is 0. The summed E-state index contributed by atoms with van der Waals surface area (Å²) in [5.41, 5.74) is 14.2. The molecule has 290 valence electrons. The van der Waals surface area contributed by atoms with Gasteiger partial charge in [-0.1, -0.05) is 176 Å². The van der Waals surface area contributed by atoms with Crippen molar-refractivity contribution >= 4 is 43.6 Å². The van der Waals surface area contributed by atoms with E-state index in [9.17, 15) is 0 Å². The first kappa shape index (κ1) is 35.5. The fourth-order valence-electron chi connectivity index (χ4n) is 9.24. The van der Waals surface area contributed by atoms with Gasteiger partial charge in [-0.25, -0.2) is 15.0 Å². The molecule has 0 atom stereocenters. The highest BCUT2D eigenvalue weighted by Crippen LogP contribution is 2.44. The molecule has 0 saturated carbocycles. The van der Waals surface area contributed by atoms with Crippen LogP contribution in [0, 0.1) is 0 Å². The van der Waals surface area contributed by atoms with Crippen LogP contribution >= 0.6 is 0 Å². The van der Waals surface area contributed by atoms with Crippen LogP contribution in [-0.2, 0) is 0 Å². The van der Waals surface area contributed by atoms with Gasteiger partial charge in [-0.3, -0.25) is 0 Å². The molecule has 12 rings (SSSR count). The maximum absolute atomic E-state index is 5.25. The molecule has 3 aromatic heterocycles. The first-order valence-electron chi connectivity index (χ1n) is 21.0. The minimum atomic E-state index is 0.608. The number of nitrogens with zero attached hydrogens (tertiary/aromatic N) is 5. The third-order valence-electron chi connectivity index (χ3n) is 12.0. The van der Waals surface area contributed by atoms with Crippen LogP contribution < -0.4 is 0 Å². The van der Waals surface area contributed by atoms with Gasteiger partial charge in [0, 0.05) is 43.9 Å². The summed E-state index contributed by atoms with van der Waals surface area (Å²) in [5, 5.41) is 4.83. The van der Waals surface area contributed by atoms with E-state index in [0.29, 0.717) is 17.5 Å². The Morgan fingerprint density at radius 3 is 1.29 bits per heavy atom. The zero-order valence-corrected chi connectivity index (χ0v) is 33.6. The number of hydrogen-bond acceptors (Lipinski definition) is 3. The molecular formula is C57H37N5. The zero-order valence-electron chi connectivity index (χ0n) is 33.6. The van der Waals surface area contributed by atoms with Crippen molar-refractivity contribution in [3.05, 3.63) is 224 Å². The quantitative estimate of drug-likeness (QED) is 0.162. The van der Waals surface area contributed by atoms with Crippen molar-refractivity contribution in [3.8, 4) is 67.8 Å². The van der Waals surface area contributed by atoms with Gasteiger partial charge in [-0.05, 0) is 70.8 Å². The van der Waals surface area contributed by atoms with Crippen LogP contribution in [0.25, 0.3) is 111 Å². The van der Waals surface area contributed by atoms with Crippen LogP contribution in [0.2, 0.25) is 0 Å². The van der Waals surface area contributed by atoms with E-state index in [2.05, 4.69) is 209 Å². The van der Waals surface area contributed by atoms with Crippen LogP contribution in [0.3, 0.4) is 0 Å². The Bertz CT molecular complexity index is 3610. The third kappa shape index (κ3) is 5.82. The molecule has 0 saturated heterocycles. The Morgan fingerprint density at radius 2 is 0.661 bits per heavy atom. The molecule has 0 aliphatic heterocycles. The maximum Gasteiger partial charge on any atom is 0.166 e. The summed E-state index contributed by atoms with van der Waals surface area (Å²) >= 11 is 0. The Balaban J connectivity index is 1.07. The van der Waals surface area contributed by atoms with Crippen molar-refractivity contribution in [3.63, 3.8) is 0 Å².